The number of ether oxygens (including phenoxy) is 2. The van der Waals surface area contributed by atoms with Crippen LogP contribution in [0.1, 0.15) is 17.2 Å². The predicted molar refractivity (Wildman–Crippen MR) is 71.8 cm³/mol. The third kappa shape index (κ3) is 1.69. The summed E-state index contributed by atoms with van der Waals surface area (Å²) in [4.78, 5) is 2.50. The second-order valence-corrected chi connectivity index (χ2v) is 5.32. The SMILES string of the molecule is COc1cc2c(cc1OC)[C@H]1[C@@H](CCl)CN1CC2. The summed E-state index contributed by atoms with van der Waals surface area (Å²) < 4.78 is 10.8. The molecule has 0 N–H and O–H groups in total. The van der Waals surface area contributed by atoms with Crippen molar-refractivity contribution in [2.45, 2.75) is 12.5 Å². The summed E-state index contributed by atoms with van der Waals surface area (Å²) in [5.74, 6) is 2.95. The molecule has 2 atom stereocenters. The molecule has 0 unspecified atom stereocenters. The van der Waals surface area contributed by atoms with Crippen LogP contribution in [-0.4, -0.2) is 38.1 Å². The molecule has 0 aliphatic carbocycles. The Morgan fingerprint density at radius 2 is 2.00 bits per heavy atom. The fourth-order valence-electron chi connectivity index (χ4n) is 3.18. The highest BCUT2D eigenvalue weighted by atomic mass is 35.5. The van der Waals surface area contributed by atoms with E-state index >= 15 is 0 Å². The Bertz CT molecular complexity index is 463. The average Bonchev–Trinajstić information content (AvgIpc) is 2.37. The second-order valence-electron chi connectivity index (χ2n) is 5.01. The number of hydrogen-bond acceptors (Lipinski definition) is 3. The summed E-state index contributed by atoms with van der Waals surface area (Å²) in [5.41, 5.74) is 2.75. The molecule has 2 aliphatic rings. The Balaban J connectivity index is 2.02. The van der Waals surface area contributed by atoms with E-state index in [0.29, 0.717) is 12.0 Å². The van der Waals surface area contributed by atoms with Crippen LogP contribution in [0.2, 0.25) is 0 Å². The van der Waals surface area contributed by atoms with Gasteiger partial charge in [-0.25, -0.2) is 0 Å². The molecule has 1 aromatic rings. The minimum absolute atomic E-state index is 0.478. The molecule has 0 radical (unpaired) electrons. The van der Waals surface area contributed by atoms with E-state index < -0.39 is 0 Å². The highest BCUT2D eigenvalue weighted by molar-refractivity contribution is 6.18. The number of nitrogens with zero attached hydrogens (tertiary/aromatic N) is 1. The van der Waals surface area contributed by atoms with Crippen LogP contribution in [0.5, 0.6) is 11.5 Å². The first-order chi connectivity index (χ1) is 8.78. The summed E-state index contributed by atoms with van der Waals surface area (Å²) in [5, 5.41) is 0. The van der Waals surface area contributed by atoms with Gasteiger partial charge in [-0.3, -0.25) is 4.90 Å². The molecule has 0 aromatic heterocycles. The van der Waals surface area contributed by atoms with Crippen LogP contribution in [0.25, 0.3) is 0 Å². The number of rotatable bonds is 3. The van der Waals surface area contributed by atoms with Crippen molar-refractivity contribution >= 4 is 11.6 Å². The lowest BCUT2D eigenvalue weighted by molar-refractivity contribution is 0.0178. The molecule has 1 saturated heterocycles. The van der Waals surface area contributed by atoms with Gasteiger partial charge in [-0.2, -0.15) is 0 Å². The molecule has 0 amide bonds. The Morgan fingerprint density at radius 3 is 2.67 bits per heavy atom. The van der Waals surface area contributed by atoms with Crippen molar-refractivity contribution in [3.8, 4) is 11.5 Å². The van der Waals surface area contributed by atoms with Crippen molar-refractivity contribution in [2.24, 2.45) is 5.92 Å². The van der Waals surface area contributed by atoms with Gasteiger partial charge in [0.1, 0.15) is 0 Å². The Hall–Kier alpha value is -0.930. The highest BCUT2D eigenvalue weighted by Crippen LogP contribution is 2.46. The molecule has 2 heterocycles. The van der Waals surface area contributed by atoms with Crippen LogP contribution in [0.4, 0.5) is 0 Å². The zero-order valence-electron chi connectivity index (χ0n) is 10.8. The first kappa shape index (κ1) is 12.1. The van der Waals surface area contributed by atoms with E-state index in [1.807, 2.05) is 0 Å². The van der Waals surface area contributed by atoms with Gasteiger partial charge in [0.25, 0.3) is 0 Å². The van der Waals surface area contributed by atoms with Gasteiger partial charge < -0.3 is 9.47 Å². The first-order valence-electron chi connectivity index (χ1n) is 6.33. The maximum atomic E-state index is 6.04. The lowest BCUT2D eigenvalue weighted by atomic mass is 9.78. The fraction of sp³-hybridized carbons (Fsp3) is 0.571. The molecule has 1 fully saturated rings. The topological polar surface area (TPSA) is 21.7 Å². The third-order valence-electron chi connectivity index (χ3n) is 4.14. The fourth-order valence-corrected chi connectivity index (χ4v) is 3.45. The number of methoxy groups -OCH3 is 2. The first-order valence-corrected chi connectivity index (χ1v) is 6.86. The van der Waals surface area contributed by atoms with E-state index in [9.17, 15) is 0 Å². The molecule has 18 heavy (non-hydrogen) atoms. The van der Waals surface area contributed by atoms with Gasteiger partial charge in [-0.05, 0) is 29.7 Å². The summed E-state index contributed by atoms with van der Waals surface area (Å²) in [6.45, 7) is 2.25. The van der Waals surface area contributed by atoms with Gasteiger partial charge in [-0.1, -0.05) is 0 Å². The van der Waals surface area contributed by atoms with Crippen molar-refractivity contribution in [1.29, 1.82) is 0 Å². The van der Waals surface area contributed by atoms with Crippen LogP contribution in [0.15, 0.2) is 12.1 Å². The molecule has 4 heteroatoms. The van der Waals surface area contributed by atoms with Crippen molar-refractivity contribution in [1.82, 2.24) is 4.90 Å². The zero-order chi connectivity index (χ0) is 12.7. The highest BCUT2D eigenvalue weighted by Gasteiger charge is 2.42. The molecule has 1 aromatic carbocycles. The quantitative estimate of drug-likeness (QED) is 0.786. The summed E-state index contributed by atoms with van der Waals surface area (Å²) in [6.07, 6.45) is 1.08. The Morgan fingerprint density at radius 1 is 1.28 bits per heavy atom. The van der Waals surface area contributed by atoms with Gasteiger partial charge >= 0.3 is 0 Å². The summed E-state index contributed by atoms with van der Waals surface area (Å²) in [7, 11) is 3.37. The summed E-state index contributed by atoms with van der Waals surface area (Å²) in [6, 6.07) is 4.73. The lowest BCUT2D eigenvalue weighted by Crippen LogP contribution is -2.53. The minimum Gasteiger partial charge on any atom is -0.493 e. The zero-order valence-corrected chi connectivity index (χ0v) is 11.5. The number of halogens is 1. The molecule has 0 spiro atoms. The predicted octanol–water partition coefficient (Wildman–Crippen LogP) is 2.47. The van der Waals surface area contributed by atoms with Crippen LogP contribution >= 0.6 is 11.6 Å². The smallest absolute Gasteiger partial charge is 0.161 e. The van der Waals surface area contributed by atoms with Gasteiger partial charge in [0.15, 0.2) is 11.5 Å². The summed E-state index contributed by atoms with van der Waals surface area (Å²) >= 11 is 6.04. The lowest BCUT2D eigenvalue weighted by Gasteiger charge is -2.51. The Kier molecular flexibility index (Phi) is 3.12. The molecule has 3 nitrogen and oxygen atoms in total. The largest absolute Gasteiger partial charge is 0.493 e. The van der Waals surface area contributed by atoms with Crippen molar-refractivity contribution < 1.29 is 9.47 Å². The maximum Gasteiger partial charge on any atom is 0.161 e. The van der Waals surface area contributed by atoms with Crippen LogP contribution < -0.4 is 9.47 Å². The molecule has 3 rings (SSSR count). The monoisotopic (exact) mass is 267 g/mol. The van der Waals surface area contributed by atoms with E-state index in [2.05, 4.69) is 17.0 Å². The third-order valence-corrected chi connectivity index (χ3v) is 4.54. The normalized spacial score (nSPS) is 25.9. The molecule has 0 bridgehead atoms. The van der Waals surface area contributed by atoms with E-state index in [-0.39, 0.29) is 0 Å². The number of benzene rings is 1. The molecular formula is C14H18ClNO2. The van der Waals surface area contributed by atoms with Crippen LogP contribution in [0, 0.1) is 5.92 Å². The van der Waals surface area contributed by atoms with Crippen LogP contribution in [0.3, 0.4) is 0 Å². The van der Waals surface area contributed by atoms with E-state index in [1.165, 1.54) is 11.1 Å². The maximum absolute atomic E-state index is 6.04. The Labute approximate surface area is 113 Å². The number of fused-ring (bicyclic) bond motifs is 3. The molecule has 2 aliphatic heterocycles. The van der Waals surface area contributed by atoms with Crippen molar-refractivity contribution in [3.05, 3.63) is 23.3 Å². The number of alkyl halides is 1. The van der Waals surface area contributed by atoms with Gasteiger partial charge in [0, 0.05) is 30.9 Å². The van der Waals surface area contributed by atoms with Gasteiger partial charge in [0.2, 0.25) is 0 Å². The molecular weight excluding hydrogens is 250 g/mol. The van der Waals surface area contributed by atoms with Crippen molar-refractivity contribution in [3.63, 3.8) is 0 Å². The minimum atomic E-state index is 0.478. The van der Waals surface area contributed by atoms with Gasteiger partial charge in [0.05, 0.1) is 14.2 Å². The van der Waals surface area contributed by atoms with Crippen molar-refractivity contribution in [2.75, 3.05) is 33.2 Å². The van der Waals surface area contributed by atoms with Gasteiger partial charge in [-0.15, -0.1) is 11.6 Å². The standard InChI is InChI=1S/C14H18ClNO2/c1-17-12-5-9-3-4-16-8-10(7-15)14(16)11(9)6-13(12)18-2/h5-6,10,14H,3-4,7-8H2,1-2H3/t10-,14+/m0/s1. The van der Waals surface area contributed by atoms with Crippen LogP contribution in [-0.2, 0) is 6.42 Å². The van der Waals surface area contributed by atoms with E-state index in [4.69, 9.17) is 21.1 Å². The van der Waals surface area contributed by atoms with E-state index in [0.717, 1.165) is 36.9 Å². The molecule has 0 saturated carbocycles. The number of hydrogen-bond donors (Lipinski definition) is 0. The molecule has 98 valence electrons. The average molecular weight is 268 g/mol. The second kappa shape index (κ2) is 4.63. The van der Waals surface area contributed by atoms with E-state index in [1.54, 1.807) is 14.2 Å².